The predicted octanol–water partition coefficient (Wildman–Crippen LogP) is 2.86. The second-order valence-corrected chi connectivity index (χ2v) is 3.51. The molecular weight excluding hydrogens is 259 g/mol. The van der Waals surface area contributed by atoms with Crippen molar-refractivity contribution in [3.63, 3.8) is 0 Å². The van der Waals surface area contributed by atoms with Crippen molar-refractivity contribution in [3.05, 3.63) is 28.5 Å². The Morgan fingerprint density at radius 3 is 2.65 bits per heavy atom. The number of carbonyl (C=O) groups is 1. The lowest BCUT2D eigenvalue weighted by Crippen LogP contribution is -2.16. The fourth-order valence-electron chi connectivity index (χ4n) is 1.22. The molecule has 0 aliphatic heterocycles. The summed E-state index contributed by atoms with van der Waals surface area (Å²) >= 11 is 5.39. The van der Waals surface area contributed by atoms with Crippen molar-refractivity contribution in [2.24, 2.45) is 0 Å². The quantitative estimate of drug-likeness (QED) is 0.624. The standard InChI is InChI=1S/C10H9ClF3NO2/c1-2-17-8(16)5-6-3-4-7(11)15-9(6)10(12,13)14/h3-4H,2,5H2,1H3. The SMILES string of the molecule is CCOC(=O)Cc1ccc(Cl)nc1C(F)(F)F. The molecular formula is C10H9ClF3NO2. The Balaban J connectivity index is 3.03. The van der Waals surface area contributed by atoms with Gasteiger partial charge in [0.05, 0.1) is 13.0 Å². The van der Waals surface area contributed by atoms with Crippen LogP contribution in [0.4, 0.5) is 13.2 Å². The maximum atomic E-state index is 12.6. The number of pyridine rings is 1. The average Bonchev–Trinajstić information content (AvgIpc) is 2.19. The van der Waals surface area contributed by atoms with E-state index in [9.17, 15) is 18.0 Å². The lowest BCUT2D eigenvalue weighted by Gasteiger charge is -2.11. The predicted molar refractivity (Wildman–Crippen MR) is 54.6 cm³/mol. The van der Waals surface area contributed by atoms with Crippen molar-refractivity contribution in [2.45, 2.75) is 19.5 Å². The number of alkyl halides is 3. The van der Waals surface area contributed by atoms with Gasteiger partial charge < -0.3 is 4.74 Å². The van der Waals surface area contributed by atoms with Gasteiger partial charge in [0.25, 0.3) is 0 Å². The first-order chi connectivity index (χ1) is 7.84. The minimum absolute atomic E-state index is 0.112. The lowest BCUT2D eigenvalue weighted by molar-refractivity contribution is -0.144. The molecule has 0 aliphatic rings. The molecule has 7 heteroatoms. The van der Waals surface area contributed by atoms with Crippen LogP contribution in [0.1, 0.15) is 18.2 Å². The maximum Gasteiger partial charge on any atom is 0.433 e. The molecule has 0 N–H and O–H groups in total. The number of nitrogens with zero attached hydrogens (tertiary/aromatic N) is 1. The van der Waals surface area contributed by atoms with Crippen LogP contribution in [0.3, 0.4) is 0 Å². The Morgan fingerprint density at radius 1 is 1.47 bits per heavy atom. The van der Waals surface area contributed by atoms with Crippen LogP contribution in [-0.2, 0) is 22.1 Å². The van der Waals surface area contributed by atoms with Crippen molar-refractivity contribution >= 4 is 17.6 Å². The Kier molecular flexibility index (Phi) is 4.34. The molecule has 0 atom stereocenters. The first-order valence-corrected chi connectivity index (χ1v) is 5.10. The Morgan fingerprint density at radius 2 is 2.12 bits per heavy atom. The van der Waals surface area contributed by atoms with Crippen LogP contribution in [0.15, 0.2) is 12.1 Å². The smallest absolute Gasteiger partial charge is 0.433 e. The van der Waals surface area contributed by atoms with Gasteiger partial charge in [-0.3, -0.25) is 4.79 Å². The summed E-state index contributed by atoms with van der Waals surface area (Å²) in [7, 11) is 0. The first-order valence-electron chi connectivity index (χ1n) is 4.72. The number of rotatable bonds is 3. The monoisotopic (exact) mass is 267 g/mol. The highest BCUT2D eigenvalue weighted by atomic mass is 35.5. The van der Waals surface area contributed by atoms with Crippen LogP contribution in [0.25, 0.3) is 0 Å². The van der Waals surface area contributed by atoms with E-state index in [0.717, 1.165) is 6.07 Å². The average molecular weight is 268 g/mol. The minimum atomic E-state index is -4.65. The van der Waals surface area contributed by atoms with E-state index in [0.29, 0.717) is 0 Å². The zero-order valence-electron chi connectivity index (χ0n) is 8.84. The summed E-state index contributed by atoms with van der Waals surface area (Å²) in [5, 5.41) is -0.273. The highest BCUT2D eigenvalue weighted by Crippen LogP contribution is 2.31. The summed E-state index contributed by atoms with van der Waals surface area (Å²) in [5.41, 5.74) is -1.40. The molecule has 0 unspecified atom stereocenters. The molecule has 0 radical (unpaired) electrons. The zero-order valence-corrected chi connectivity index (χ0v) is 9.60. The molecule has 1 heterocycles. The van der Waals surface area contributed by atoms with Crippen molar-refractivity contribution < 1.29 is 22.7 Å². The van der Waals surface area contributed by atoms with Gasteiger partial charge in [-0.2, -0.15) is 13.2 Å². The minimum Gasteiger partial charge on any atom is -0.466 e. The van der Waals surface area contributed by atoms with E-state index in [1.54, 1.807) is 6.92 Å². The van der Waals surface area contributed by atoms with E-state index in [1.807, 2.05) is 0 Å². The highest BCUT2D eigenvalue weighted by Gasteiger charge is 2.36. The summed E-state index contributed by atoms with van der Waals surface area (Å²) in [6.45, 7) is 1.68. The molecule has 0 aliphatic carbocycles. The van der Waals surface area contributed by atoms with Gasteiger partial charge in [-0.25, -0.2) is 4.98 Å². The number of carbonyl (C=O) groups excluding carboxylic acids is 1. The Hall–Kier alpha value is -1.30. The van der Waals surface area contributed by atoms with Crippen molar-refractivity contribution in [3.8, 4) is 0 Å². The Labute approximate surface area is 101 Å². The molecule has 0 fully saturated rings. The second-order valence-electron chi connectivity index (χ2n) is 3.12. The van der Waals surface area contributed by atoms with Gasteiger partial charge in [-0.1, -0.05) is 17.7 Å². The van der Waals surface area contributed by atoms with Gasteiger partial charge in [-0.15, -0.1) is 0 Å². The Bertz CT molecular complexity index is 421. The molecule has 0 bridgehead atoms. The van der Waals surface area contributed by atoms with E-state index in [-0.39, 0.29) is 17.3 Å². The number of ether oxygens (including phenoxy) is 1. The van der Waals surface area contributed by atoms with Gasteiger partial charge in [-0.05, 0) is 18.6 Å². The van der Waals surface area contributed by atoms with Crippen molar-refractivity contribution in [1.82, 2.24) is 4.98 Å². The molecule has 0 amide bonds. The zero-order chi connectivity index (χ0) is 13.1. The highest BCUT2D eigenvalue weighted by molar-refractivity contribution is 6.29. The third-order valence-corrected chi connectivity index (χ3v) is 2.06. The maximum absolute atomic E-state index is 12.6. The van der Waals surface area contributed by atoms with E-state index in [1.165, 1.54) is 6.07 Å². The van der Waals surface area contributed by atoms with Gasteiger partial charge in [0, 0.05) is 0 Å². The third kappa shape index (κ3) is 3.89. The molecule has 0 saturated heterocycles. The van der Waals surface area contributed by atoms with Crippen LogP contribution in [0.5, 0.6) is 0 Å². The number of aromatic nitrogens is 1. The van der Waals surface area contributed by atoms with E-state index >= 15 is 0 Å². The third-order valence-electron chi connectivity index (χ3n) is 1.85. The van der Waals surface area contributed by atoms with Crippen molar-refractivity contribution in [1.29, 1.82) is 0 Å². The molecule has 1 aromatic heterocycles. The largest absolute Gasteiger partial charge is 0.466 e. The molecule has 0 saturated carbocycles. The molecule has 1 aromatic rings. The lowest BCUT2D eigenvalue weighted by atomic mass is 10.1. The van der Waals surface area contributed by atoms with Gasteiger partial charge >= 0.3 is 12.1 Å². The van der Waals surface area contributed by atoms with Crippen LogP contribution in [0.2, 0.25) is 5.15 Å². The van der Waals surface area contributed by atoms with Crippen LogP contribution >= 0.6 is 11.6 Å². The summed E-state index contributed by atoms with van der Waals surface area (Å²) in [6.07, 6.45) is -5.13. The molecule has 0 spiro atoms. The summed E-state index contributed by atoms with van der Waals surface area (Å²) in [6, 6.07) is 2.32. The topological polar surface area (TPSA) is 39.2 Å². The summed E-state index contributed by atoms with van der Waals surface area (Å²) in [4.78, 5) is 14.3. The number of hydrogen-bond donors (Lipinski definition) is 0. The van der Waals surface area contributed by atoms with Crippen molar-refractivity contribution in [2.75, 3.05) is 6.61 Å². The van der Waals surface area contributed by atoms with E-state index in [2.05, 4.69) is 9.72 Å². The fourth-order valence-corrected chi connectivity index (χ4v) is 1.37. The molecule has 1 rings (SSSR count). The molecule has 0 aromatic carbocycles. The van der Waals surface area contributed by atoms with Crippen LogP contribution in [0, 0.1) is 0 Å². The van der Waals surface area contributed by atoms with Crippen LogP contribution in [-0.4, -0.2) is 17.6 Å². The molecule has 94 valence electrons. The normalized spacial score (nSPS) is 11.4. The van der Waals surface area contributed by atoms with Gasteiger partial charge in [0.2, 0.25) is 0 Å². The van der Waals surface area contributed by atoms with E-state index < -0.39 is 24.3 Å². The number of halogens is 4. The number of esters is 1. The van der Waals surface area contributed by atoms with Gasteiger partial charge in [0.1, 0.15) is 10.8 Å². The van der Waals surface area contributed by atoms with Gasteiger partial charge in [0.15, 0.2) is 0 Å². The summed E-state index contributed by atoms with van der Waals surface area (Å²) in [5.74, 6) is -0.734. The fraction of sp³-hybridized carbons (Fsp3) is 0.400. The summed E-state index contributed by atoms with van der Waals surface area (Å²) < 4.78 is 42.4. The molecule has 3 nitrogen and oxygen atoms in total. The number of hydrogen-bond acceptors (Lipinski definition) is 3. The second kappa shape index (κ2) is 5.35. The molecule has 17 heavy (non-hydrogen) atoms. The van der Waals surface area contributed by atoms with Crippen LogP contribution < -0.4 is 0 Å². The first kappa shape index (κ1) is 13.8. The van der Waals surface area contributed by atoms with E-state index in [4.69, 9.17) is 11.6 Å².